The summed E-state index contributed by atoms with van der Waals surface area (Å²) in [7, 11) is 1.97. The van der Waals surface area contributed by atoms with E-state index >= 15 is 0 Å². The Kier molecular flexibility index (Phi) is 4.68. The van der Waals surface area contributed by atoms with E-state index in [2.05, 4.69) is 11.8 Å². The van der Waals surface area contributed by atoms with Crippen LogP contribution in [0.5, 0.6) is 5.75 Å². The van der Waals surface area contributed by atoms with E-state index < -0.39 is 0 Å². The molecule has 0 fully saturated rings. The number of phenolic OH excluding ortho intramolecular Hbond substituents is 1. The molecule has 1 heterocycles. The highest BCUT2D eigenvalue weighted by atomic mass is 35.5. The van der Waals surface area contributed by atoms with Gasteiger partial charge >= 0.3 is 0 Å². The summed E-state index contributed by atoms with van der Waals surface area (Å²) in [5, 5.41) is 10.5. The number of aromatic hydroxyl groups is 1. The monoisotopic (exact) mass is 295 g/mol. The van der Waals surface area contributed by atoms with Crippen LogP contribution in [0.3, 0.4) is 0 Å². The number of hydrogen-bond donors (Lipinski definition) is 1. The maximum atomic E-state index is 12.0. The maximum Gasteiger partial charge on any atom is 0.211 e. The molecule has 0 amide bonds. The molecule has 0 spiro atoms. The van der Waals surface area contributed by atoms with Crippen molar-refractivity contribution in [1.29, 1.82) is 0 Å². The number of halogens is 1. The largest absolute Gasteiger partial charge is 0.507 e. The van der Waals surface area contributed by atoms with E-state index in [4.69, 9.17) is 16.0 Å². The average Bonchev–Trinajstić information content (AvgIpc) is 2.43. The molecule has 5 heteroatoms. The van der Waals surface area contributed by atoms with Crippen LogP contribution in [0.15, 0.2) is 27.6 Å². The summed E-state index contributed by atoms with van der Waals surface area (Å²) in [6.07, 6.45) is 3.41. The SMILES string of the molecule is CCCCN(C)Cc1c(O)ccc2c(=O)c(Cl)coc12. The molecule has 0 saturated carbocycles. The van der Waals surface area contributed by atoms with Gasteiger partial charge in [0.1, 0.15) is 22.6 Å². The Hall–Kier alpha value is -1.52. The van der Waals surface area contributed by atoms with E-state index in [1.165, 1.54) is 18.4 Å². The van der Waals surface area contributed by atoms with E-state index in [-0.39, 0.29) is 16.2 Å². The van der Waals surface area contributed by atoms with Crippen LogP contribution in [-0.4, -0.2) is 23.6 Å². The second-order valence-electron chi connectivity index (χ2n) is 4.94. The normalized spacial score (nSPS) is 11.4. The molecule has 0 aliphatic carbocycles. The zero-order valence-electron chi connectivity index (χ0n) is 11.6. The minimum Gasteiger partial charge on any atom is -0.507 e. The van der Waals surface area contributed by atoms with Gasteiger partial charge in [-0.2, -0.15) is 0 Å². The van der Waals surface area contributed by atoms with Crippen LogP contribution in [0.1, 0.15) is 25.3 Å². The number of unbranched alkanes of at least 4 members (excludes halogenated alkanes) is 1. The van der Waals surface area contributed by atoms with Gasteiger partial charge in [0.15, 0.2) is 0 Å². The minimum atomic E-state index is -0.273. The first-order chi connectivity index (χ1) is 9.54. The predicted octanol–water partition coefficient (Wildman–Crippen LogP) is 3.38. The van der Waals surface area contributed by atoms with Gasteiger partial charge in [-0.05, 0) is 32.1 Å². The van der Waals surface area contributed by atoms with Crippen LogP contribution in [0.25, 0.3) is 11.0 Å². The van der Waals surface area contributed by atoms with Crippen molar-refractivity contribution in [3.05, 3.63) is 39.2 Å². The average molecular weight is 296 g/mol. The predicted molar refractivity (Wildman–Crippen MR) is 80.4 cm³/mol. The summed E-state index contributed by atoms with van der Waals surface area (Å²) in [4.78, 5) is 14.1. The summed E-state index contributed by atoms with van der Waals surface area (Å²) >= 11 is 5.77. The molecule has 0 aliphatic heterocycles. The van der Waals surface area contributed by atoms with Crippen LogP contribution < -0.4 is 5.43 Å². The van der Waals surface area contributed by atoms with Crippen molar-refractivity contribution in [2.75, 3.05) is 13.6 Å². The van der Waals surface area contributed by atoms with Crippen molar-refractivity contribution in [2.45, 2.75) is 26.3 Å². The lowest BCUT2D eigenvalue weighted by Gasteiger charge is -2.17. The van der Waals surface area contributed by atoms with Gasteiger partial charge in [-0.3, -0.25) is 4.79 Å². The third-order valence-corrected chi connectivity index (χ3v) is 3.56. The van der Waals surface area contributed by atoms with Gasteiger partial charge in [0.05, 0.1) is 10.9 Å². The third kappa shape index (κ3) is 2.97. The third-order valence-electron chi connectivity index (χ3n) is 3.30. The van der Waals surface area contributed by atoms with E-state index in [1.807, 2.05) is 7.05 Å². The summed E-state index contributed by atoms with van der Waals surface area (Å²) in [5.41, 5.74) is 0.753. The van der Waals surface area contributed by atoms with Crippen LogP contribution in [0, 0.1) is 0 Å². The maximum absolute atomic E-state index is 12.0. The molecule has 2 rings (SSSR count). The first kappa shape index (κ1) is 14.9. The van der Waals surface area contributed by atoms with Crippen molar-refractivity contribution in [2.24, 2.45) is 0 Å². The van der Waals surface area contributed by atoms with Crippen LogP contribution in [-0.2, 0) is 6.54 Å². The van der Waals surface area contributed by atoms with E-state index in [9.17, 15) is 9.90 Å². The lowest BCUT2D eigenvalue weighted by atomic mass is 10.1. The topological polar surface area (TPSA) is 53.7 Å². The van der Waals surface area contributed by atoms with Crippen LogP contribution in [0.2, 0.25) is 5.02 Å². The fourth-order valence-corrected chi connectivity index (χ4v) is 2.30. The smallest absolute Gasteiger partial charge is 0.211 e. The number of fused-ring (bicyclic) bond motifs is 1. The number of benzene rings is 1. The van der Waals surface area contributed by atoms with Crippen molar-refractivity contribution >= 4 is 22.6 Å². The second-order valence-corrected chi connectivity index (χ2v) is 5.35. The molecule has 1 aromatic heterocycles. The van der Waals surface area contributed by atoms with Crippen LogP contribution >= 0.6 is 11.6 Å². The fourth-order valence-electron chi connectivity index (χ4n) is 2.15. The lowest BCUT2D eigenvalue weighted by Crippen LogP contribution is -2.19. The number of nitrogens with zero attached hydrogens (tertiary/aromatic N) is 1. The molecule has 20 heavy (non-hydrogen) atoms. The Morgan fingerprint density at radius 2 is 2.15 bits per heavy atom. The van der Waals surface area contributed by atoms with Gasteiger partial charge in [0.2, 0.25) is 5.43 Å². The molecule has 1 aromatic carbocycles. The molecule has 0 saturated heterocycles. The molecular weight excluding hydrogens is 278 g/mol. The first-order valence-corrected chi connectivity index (χ1v) is 7.02. The Labute approximate surface area is 122 Å². The molecule has 0 radical (unpaired) electrons. The summed E-state index contributed by atoms with van der Waals surface area (Å²) in [6.45, 7) is 3.57. The quantitative estimate of drug-likeness (QED) is 0.919. The van der Waals surface area contributed by atoms with Crippen molar-refractivity contribution < 1.29 is 9.52 Å². The lowest BCUT2D eigenvalue weighted by molar-refractivity contribution is 0.314. The molecular formula is C15H18ClNO3. The van der Waals surface area contributed by atoms with Gasteiger partial charge in [-0.15, -0.1) is 0 Å². The molecule has 0 aliphatic rings. The van der Waals surface area contributed by atoms with Crippen molar-refractivity contribution in [3.63, 3.8) is 0 Å². The van der Waals surface area contributed by atoms with Crippen molar-refractivity contribution in [1.82, 2.24) is 4.90 Å². The molecule has 2 aromatic rings. The first-order valence-electron chi connectivity index (χ1n) is 6.65. The Bertz CT molecular complexity index is 666. The van der Waals surface area contributed by atoms with Gasteiger partial charge in [-0.25, -0.2) is 0 Å². The Morgan fingerprint density at radius 1 is 1.40 bits per heavy atom. The number of rotatable bonds is 5. The molecule has 0 unspecified atom stereocenters. The summed E-state index contributed by atoms with van der Waals surface area (Å²) in [6, 6.07) is 3.05. The minimum absolute atomic E-state index is 0.0495. The van der Waals surface area contributed by atoms with Crippen LogP contribution in [0.4, 0.5) is 0 Å². The van der Waals surface area contributed by atoms with Gasteiger partial charge in [0.25, 0.3) is 0 Å². The zero-order valence-corrected chi connectivity index (χ0v) is 12.4. The molecule has 108 valence electrons. The summed E-state index contributed by atoms with van der Waals surface area (Å²) in [5.74, 6) is 0.131. The van der Waals surface area contributed by atoms with E-state index in [1.54, 1.807) is 0 Å². The molecule has 1 N–H and O–H groups in total. The van der Waals surface area contributed by atoms with E-state index in [0.717, 1.165) is 19.4 Å². The van der Waals surface area contributed by atoms with Gasteiger partial charge < -0.3 is 14.4 Å². The molecule has 0 bridgehead atoms. The number of phenols is 1. The number of hydrogen-bond acceptors (Lipinski definition) is 4. The highest BCUT2D eigenvalue weighted by Gasteiger charge is 2.14. The fraction of sp³-hybridized carbons (Fsp3) is 0.400. The van der Waals surface area contributed by atoms with Crippen molar-refractivity contribution in [3.8, 4) is 5.75 Å². The zero-order chi connectivity index (χ0) is 14.7. The Balaban J connectivity index is 2.44. The standard InChI is InChI=1S/C15H18ClNO3/c1-3-4-7-17(2)8-11-13(18)6-5-10-14(19)12(16)9-20-15(10)11/h5-6,9,18H,3-4,7-8H2,1-2H3. The second kappa shape index (κ2) is 6.29. The molecule has 4 nitrogen and oxygen atoms in total. The van der Waals surface area contributed by atoms with Gasteiger partial charge in [0, 0.05) is 6.54 Å². The Morgan fingerprint density at radius 3 is 2.85 bits per heavy atom. The summed E-state index contributed by atoms with van der Waals surface area (Å²) < 4.78 is 5.42. The molecule has 0 atom stereocenters. The highest BCUT2D eigenvalue weighted by molar-refractivity contribution is 6.30. The highest BCUT2D eigenvalue weighted by Crippen LogP contribution is 2.27. The van der Waals surface area contributed by atoms with Gasteiger partial charge in [-0.1, -0.05) is 24.9 Å². The van der Waals surface area contributed by atoms with E-state index in [0.29, 0.717) is 23.1 Å².